The maximum atomic E-state index is 2.42. The molecule has 0 aromatic heterocycles. The first-order valence-electron chi connectivity index (χ1n) is 18.8. The molecule has 2 aliphatic rings. The maximum Gasteiger partial charge on any atom is 0.0468 e. The number of anilines is 3. The van der Waals surface area contributed by atoms with E-state index in [4.69, 9.17) is 0 Å². The number of hydrogen-bond donors (Lipinski definition) is 0. The Hall–Kier alpha value is -6.18. The van der Waals surface area contributed by atoms with Crippen molar-refractivity contribution in [2.24, 2.45) is 0 Å². The Morgan fingerprint density at radius 3 is 1.42 bits per heavy atom. The molecule has 11 rings (SSSR count). The van der Waals surface area contributed by atoms with E-state index in [2.05, 4.69) is 196 Å². The van der Waals surface area contributed by atoms with Crippen molar-refractivity contribution in [3.8, 4) is 22.3 Å². The van der Waals surface area contributed by atoms with E-state index in [-0.39, 0.29) is 10.8 Å². The fourth-order valence-electron chi connectivity index (χ4n) is 10.1. The van der Waals surface area contributed by atoms with Crippen molar-refractivity contribution in [2.75, 3.05) is 4.90 Å². The molecule has 0 saturated heterocycles. The summed E-state index contributed by atoms with van der Waals surface area (Å²) in [6, 6.07) is 61.3. The second-order valence-electron chi connectivity index (χ2n) is 16.2. The highest BCUT2D eigenvalue weighted by Crippen LogP contribution is 2.55. The zero-order valence-corrected chi connectivity index (χ0v) is 30.5. The van der Waals surface area contributed by atoms with Crippen LogP contribution in [0.4, 0.5) is 17.1 Å². The van der Waals surface area contributed by atoms with Crippen molar-refractivity contribution in [1.82, 2.24) is 0 Å². The molecule has 0 amide bonds. The lowest BCUT2D eigenvalue weighted by Crippen LogP contribution is -2.16. The van der Waals surface area contributed by atoms with Gasteiger partial charge >= 0.3 is 0 Å². The third-order valence-electron chi connectivity index (χ3n) is 12.5. The monoisotopic (exact) mass is 677 g/mol. The Kier molecular flexibility index (Phi) is 6.14. The third kappa shape index (κ3) is 4.20. The molecule has 1 heteroatoms. The summed E-state index contributed by atoms with van der Waals surface area (Å²) < 4.78 is 0. The van der Waals surface area contributed by atoms with Gasteiger partial charge in [-0.3, -0.25) is 0 Å². The van der Waals surface area contributed by atoms with Crippen LogP contribution >= 0.6 is 0 Å². The van der Waals surface area contributed by atoms with Gasteiger partial charge in [0.2, 0.25) is 0 Å². The van der Waals surface area contributed by atoms with Gasteiger partial charge in [0.15, 0.2) is 0 Å². The summed E-state index contributed by atoms with van der Waals surface area (Å²) in [5.41, 5.74) is 14.4. The van der Waals surface area contributed by atoms with Gasteiger partial charge in [0.05, 0.1) is 0 Å². The van der Waals surface area contributed by atoms with Crippen molar-refractivity contribution in [2.45, 2.75) is 38.5 Å². The van der Waals surface area contributed by atoms with Gasteiger partial charge in [0.25, 0.3) is 0 Å². The van der Waals surface area contributed by atoms with E-state index in [0.717, 1.165) is 17.1 Å². The molecule has 2 aliphatic carbocycles. The predicted molar refractivity (Wildman–Crippen MR) is 226 cm³/mol. The fourth-order valence-corrected chi connectivity index (χ4v) is 10.1. The second-order valence-corrected chi connectivity index (χ2v) is 16.2. The van der Waals surface area contributed by atoms with Crippen LogP contribution in [-0.2, 0) is 10.8 Å². The van der Waals surface area contributed by atoms with Crippen LogP contribution in [0.5, 0.6) is 0 Å². The summed E-state index contributed by atoms with van der Waals surface area (Å²) in [7, 11) is 0. The molecule has 0 unspecified atom stereocenters. The quantitative estimate of drug-likeness (QED) is 0.180. The number of hydrogen-bond acceptors (Lipinski definition) is 1. The van der Waals surface area contributed by atoms with Gasteiger partial charge in [0, 0.05) is 27.9 Å². The first-order chi connectivity index (χ1) is 25.8. The molecule has 0 N–H and O–H groups in total. The van der Waals surface area contributed by atoms with E-state index in [0.29, 0.717) is 0 Å². The summed E-state index contributed by atoms with van der Waals surface area (Å²) in [6.07, 6.45) is 0. The average Bonchev–Trinajstić information content (AvgIpc) is 3.56. The van der Waals surface area contributed by atoms with E-state index < -0.39 is 0 Å². The Labute approximate surface area is 310 Å². The number of rotatable bonds is 3. The number of para-hydroxylation sites is 1. The second kappa shape index (κ2) is 10.7. The largest absolute Gasteiger partial charge is 0.310 e. The SMILES string of the molecule is CC1(C)c2cc3ccccc3cc2-c2ccc3cc(N(c4ccccc4)c4ccc5c6c(ccc5c4)-c4ccc5ccccc5c4C6(C)C)ccc3c21. The molecule has 0 bridgehead atoms. The van der Waals surface area contributed by atoms with Crippen molar-refractivity contribution in [3.63, 3.8) is 0 Å². The highest BCUT2D eigenvalue weighted by molar-refractivity contribution is 6.05. The minimum Gasteiger partial charge on any atom is -0.310 e. The van der Waals surface area contributed by atoms with Crippen LogP contribution in [0.15, 0.2) is 164 Å². The number of benzene rings is 9. The molecule has 0 saturated carbocycles. The fraction of sp³-hybridized carbons (Fsp3) is 0.115. The summed E-state index contributed by atoms with van der Waals surface area (Å²) >= 11 is 0. The lowest BCUT2D eigenvalue weighted by atomic mass is 9.78. The molecule has 9 aromatic rings. The molecule has 0 heterocycles. The molecular formula is C52H39N. The smallest absolute Gasteiger partial charge is 0.0468 e. The van der Waals surface area contributed by atoms with Crippen LogP contribution in [0.3, 0.4) is 0 Å². The normalized spacial score (nSPS) is 14.7. The van der Waals surface area contributed by atoms with Gasteiger partial charge < -0.3 is 4.90 Å². The molecule has 0 spiro atoms. The zero-order chi connectivity index (χ0) is 35.6. The minimum absolute atomic E-state index is 0.104. The van der Waals surface area contributed by atoms with Gasteiger partial charge in [-0.25, -0.2) is 0 Å². The highest BCUT2D eigenvalue weighted by Gasteiger charge is 2.39. The number of nitrogens with zero attached hydrogens (tertiary/aromatic N) is 1. The van der Waals surface area contributed by atoms with Gasteiger partial charge in [-0.1, -0.05) is 143 Å². The van der Waals surface area contributed by atoms with Crippen LogP contribution in [0.2, 0.25) is 0 Å². The molecule has 53 heavy (non-hydrogen) atoms. The summed E-state index contributed by atoms with van der Waals surface area (Å²) in [5, 5.41) is 10.4. The van der Waals surface area contributed by atoms with Gasteiger partial charge in [-0.05, 0) is 136 Å². The van der Waals surface area contributed by atoms with Crippen LogP contribution < -0.4 is 4.90 Å². The first kappa shape index (κ1) is 30.4. The molecular weight excluding hydrogens is 639 g/mol. The van der Waals surface area contributed by atoms with E-state index >= 15 is 0 Å². The third-order valence-corrected chi connectivity index (χ3v) is 12.5. The molecule has 1 nitrogen and oxygen atoms in total. The van der Waals surface area contributed by atoms with Gasteiger partial charge in [0.1, 0.15) is 0 Å². The van der Waals surface area contributed by atoms with Gasteiger partial charge in [-0.2, -0.15) is 0 Å². The highest BCUT2D eigenvalue weighted by atomic mass is 15.1. The lowest BCUT2D eigenvalue weighted by Gasteiger charge is -2.28. The van der Waals surface area contributed by atoms with E-state index in [1.54, 1.807) is 0 Å². The Morgan fingerprint density at radius 2 is 0.792 bits per heavy atom. The van der Waals surface area contributed by atoms with Crippen molar-refractivity contribution >= 4 is 60.2 Å². The van der Waals surface area contributed by atoms with E-state index in [1.165, 1.54) is 87.6 Å². The summed E-state index contributed by atoms with van der Waals surface area (Å²) in [4.78, 5) is 2.42. The Bertz CT molecular complexity index is 3000. The molecule has 0 atom stereocenters. The Balaban J connectivity index is 1.06. The standard InChI is InChI=1S/C52H39N/c1-51(2)47-31-34-14-9-8-13-33(34)30-46(47)45-25-20-35-28-38(21-26-41(35)48(45)51)53(37-15-6-5-7-16-37)39-22-27-42-36(29-39)19-24-44-43-23-18-32-12-10-11-17-40(32)49(43)52(3,4)50(42)44/h5-31H,1-4H3. The Morgan fingerprint density at radius 1 is 0.321 bits per heavy atom. The topological polar surface area (TPSA) is 3.24 Å². The van der Waals surface area contributed by atoms with Crippen LogP contribution in [0, 0.1) is 0 Å². The molecule has 0 radical (unpaired) electrons. The molecule has 252 valence electrons. The van der Waals surface area contributed by atoms with Crippen LogP contribution in [0.1, 0.15) is 49.9 Å². The maximum absolute atomic E-state index is 2.42. The average molecular weight is 678 g/mol. The first-order valence-corrected chi connectivity index (χ1v) is 18.8. The molecule has 0 fully saturated rings. The molecule has 0 aliphatic heterocycles. The minimum atomic E-state index is -0.121. The van der Waals surface area contributed by atoms with Crippen molar-refractivity contribution in [1.29, 1.82) is 0 Å². The lowest BCUT2D eigenvalue weighted by molar-refractivity contribution is 0.667. The zero-order valence-electron chi connectivity index (χ0n) is 30.5. The van der Waals surface area contributed by atoms with Crippen LogP contribution in [-0.4, -0.2) is 0 Å². The van der Waals surface area contributed by atoms with Gasteiger partial charge in [-0.15, -0.1) is 0 Å². The summed E-state index contributed by atoms with van der Waals surface area (Å²) in [6.45, 7) is 9.59. The predicted octanol–water partition coefficient (Wildman–Crippen LogP) is 14.4. The summed E-state index contributed by atoms with van der Waals surface area (Å²) in [5.74, 6) is 0. The van der Waals surface area contributed by atoms with E-state index in [1.807, 2.05) is 0 Å². The van der Waals surface area contributed by atoms with Crippen molar-refractivity contribution < 1.29 is 0 Å². The molecule has 9 aromatic carbocycles. The van der Waals surface area contributed by atoms with Crippen molar-refractivity contribution in [3.05, 3.63) is 186 Å². The van der Waals surface area contributed by atoms with E-state index in [9.17, 15) is 0 Å². The number of fused-ring (bicyclic) bond motifs is 13. The van der Waals surface area contributed by atoms with Crippen LogP contribution in [0.25, 0.3) is 65.3 Å².